The third-order valence-electron chi connectivity index (χ3n) is 3.68. The van der Waals surface area contributed by atoms with E-state index in [9.17, 15) is 4.79 Å². The molecule has 20 heavy (non-hydrogen) atoms. The molecule has 3 heteroatoms. The van der Waals surface area contributed by atoms with Crippen LogP contribution in [-0.4, -0.2) is 12.6 Å². The van der Waals surface area contributed by atoms with Gasteiger partial charge in [-0.2, -0.15) is 0 Å². The van der Waals surface area contributed by atoms with Gasteiger partial charge in [-0.05, 0) is 45.1 Å². The van der Waals surface area contributed by atoms with E-state index in [0.717, 1.165) is 37.0 Å². The van der Waals surface area contributed by atoms with Crippen molar-refractivity contribution < 1.29 is 9.53 Å². The average Bonchev–Trinajstić information content (AvgIpc) is 2.49. The van der Waals surface area contributed by atoms with Crippen LogP contribution in [0.15, 0.2) is 41.6 Å². The van der Waals surface area contributed by atoms with Crippen molar-refractivity contribution in [2.24, 2.45) is 0 Å². The summed E-state index contributed by atoms with van der Waals surface area (Å²) in [5, 5.41) is 3.50. The topological polar surface area (TPSA) is 38.3 Å². The lowest BCUT2D eigenvalue weighted by molar-refractivity contribution is -0.138. The maximum Gasteiger partial charge on any atom is 0.335 e. The van der Waals surface area contributed by atoms with Crippen molar-refractivity contribution in [1.29, 1.82) is 0 Å². The molecule has 1 aromatic rings. The fourth-order valence-corrected chi connectivity index (χ4v) is 2.59. The van der Waals surface area contributed by atoms with Crippen LogP contribution in [0.4, 0.5) is 0 Å². The standard InChI is InChI=1S/C17H23NO2/c1-3-20-17(19)15-11-7-8-12-16(15)18-13(2)14-9-5-4-6-10-14/h4-6,9-10,13,18H,3,7-8,11-12H2,1-2H3. The van der Waals surface area contributed by atoms with E-state index >= 15 is 0 Å². The van der Waals surface area contributed by atoms with Gasteiger partial charge in [-0.3, -0.25) is 0 Å². The lowest BCUT2D eigenvalue weighted by Crippen LogP contribution is -2.24. The summed E-state index contributed by atoms with van der Waals surface area (Å²) in [6.45, 7) is 4.41. The number of esters is 1. The van der Waals surface area contributed by atoms with Crippen LogP contribution in [0.5, 0.6) is 0 Å². The minimum atomic E-state index is -0.157. The number of carbonyl (C=O) groups excluding carboxylic acids is 1. The molecule has 1 aliphatic rings. The number of benzene rings is 1. The van der Waals surface area contributed by atoms with E-state index in [4.69, 9.17) is 4.74 Å². The van der Waals surface area contributed by atoms with E-state index in [1.54, 1.807) is 0 Å². The molecular weight excluding hydrogens is 250 g/mol. The molecule has 0 aliphatic heterocycles. The van der Waals surface area contributed by atoms with Crippen molar-refractivity contribution in [1.82, 2.24) is 5.32 Å². The Hall–Kier alpha value is -1.77. The molecule has 2 rings (SSSR count). The number of allylic oxidation sites excluding steroid dienone is 1. The third-order valence-corrected chi connectivity index (χ3v) is 3.68. The SMILES string of the molecule is CCOC(=O)C1=C(NC(C)c2ccccc2)CCCC1. The molecular formula is C17H23NO2. The second kappa shape index (κ2) is 7.13. The van der Waals surface area contributed by atoms with Gasteiger partial charge in [0, 0.05) is 11.7 Å². The molecule has 1 N–H and O–H groups in total. The van der Waals surface area contributed by atoms with Crippen LogP contribution in [0, 0.1) is 0 Å². The number of ether oxygens (including phenoxy) is 1. The molecule has 3 nitrogen and oxygen atoms in total. The van der Waals surface area contributed by atoms with Crippen LogP contribution in [0.25, 0.3) is 0 Å². The molecule has 1 aliphatic carbocycles. The predicted molar refractivity (Wildman–Crippen MR) is 80.1 cm³/mol. The Kier molecular flexibility index (Phi) is 5.22. The van der Waals surface area contributed by atoms with Gasteiger partial charge in [-0.1, -0.05) is 30.3 Å². The lowest BCUT2D eigenvalue weighted by atomic mass is 9.95. The first kappa shape index (κ1) is 14.6. The number of rotatable bonds is 5. The Morgan fingerprint density at radius 3 is 2.65 bits per heavy atom. The monoisotopic (exact) mass is 273 g/mol. The molecule has 108 valence electrons. The van der Waals surface area contributed by atoms with E-state index in [-0.39, 0.29) is 12.0 Å². The van der Waals surface area contributed by atoms with E-state index < -0.39 is 0 Å². The zero-order valence-corrected chi connectivity index (χ0v) is 12.3. The van der Waals surface area contributed by atoms with Gasteiger partial charge < -0.3 is 10.1 Å². The maximum atomic E-state index is 12.0. The molecule has 0 fully saturated rings. The lowest BCUT2D eigenvalue weighted by Gasteiger charge is -2.24. The summed E-state index contributed by atoms with van der Waals surface area (Å²) in [7, 11) is 0. The van der Waals surface area contributed by atoms with E-state index in [0.29, 0.717) is 6.61 Å². The summed E-state index contributed by atoms with van der Waals surface area (Å²) in [4.78, 5) is 12.0. The summed E-state index contributed by atoms with van der Waals surface area (Å²) in [5.74, 6) is -0.157. The summed E-state index contributed by atoms with van der Waals surface area (Å²) in [5.41, 5.74) is 3.13. The average molecular weight is 273 g/mol. The zero-order valence-electron chi connectivity index (χ0n) is 12.3. The highest BCUT2D eigenvalue weighted by molar-refractivity contribution is 5.89. The highest BCUT2D eigenvalue weighted by Gasteiger charge is 2.21. The fourth-order valence-electron chi connectivity index (χ4n) is 2.59. The van der Waals surface area contributed by atoms with Gasteiger partial charge in [-0.15, -0.1) is 0 Å². The second-order valence-corrected chi connectivity index (χ2v) is 5.16. The second-order valence-electron chi connectivity index (χ2n) is 5.16. The number of carbonyl (C=O) groups is 1. The molecule has 0 spiro atoms. The van der Waals surface area contributed by atoms with E-state index in [1.165, 1.54) is 5.56 Å². The van der Waals surface area contributed by atoms with Crippen LogP contribution in [-0.2, 0) is 9.53 Å². The van der Waals surface area contributed by atoms with Crippen molar-refractivity contribution in [3.8, 4) is 0 Å². The Morgan fingerprint density at radius 2 is 1.95 bits per heavy atom. The molecule has 0 radical (unpaired) electrons. The Labute approximate surface area is 121 Å². The van der Waals surface area contributed by atoms with Crippen LogP contribution in [0.2, 0.25) is 0 Å². The first-order valence-corrected chi connectivity index (χ1v) is 7.43. The van der Waals surface area contributed by atoms with Gasteiger partial charge in [0.05, 0.1) is 12.2 Å². The molecule has 0 saturated heterocycles. The Balaban J connectivity index is 2.13. The minimum absolute atomic E-state index is 0.157. The summed E-state index contributed by atoms with van der Waals surface area (Å²) >= 11 is 0. The molecule has 1 aromatic carbocycles. The van der Waals surface area contributed by atoms with Crippen LogP contribution < -0.4 is 5.32 Å². The van der Waals surface area contributed by atoms with Crippen molar-refractivity contribution in [3.63, 3.8) is 0 Å². The predicted octanol–water partition coefficient (Wildman–Crippen LogP) is 3.73. The minimum Gasteiger partial charge on any atom is -0.463 e. The molecule has 0 saturated carbocycles. The molecule has 1 unspecified atom stereocenters. The largest absolute Gasteiger partial charge is 0.463 e. The fraction of sp³-hybridized carbons (Fsp3) is 0.471. The normalized spacial score (nSPS) is 16.7. The summed E-state index contributed by atoms with van der Waals surface area (Å²) in [6, 6.07) is 10.5. The number of hydrogen-bond acceptors (Lipinski definition) is 3. The molecule has 1 atom stereocenters. The first-order chi connectivity index (χ1) is 9.72. The van der Waals surface area contributed by atoms with Crippen molar-refractivity contribution in [2.75, 3.05) is 6.61 Å². The summed E-state index contributed by atoms with van der Waals surface area (Å²) < 4.78 is 5.16. The molecule has 0 heterocycles. The Bertz CT molecular complexity index is 479. The molecule has 0 amide bonds. The Morgan fingerprint density at radius 1 is 1.25 bits per heavy atom. The van der Waals surface area contributed by atoms with Gasteiger partial charge in [0.2, 0.25) is 0 Å². The van der Waals surface area contributed by atoms with Crippen LogP contribution in [0.3, 0.4) is 0 Å². The van der Waals surface area contributed by atoms with E-state index in [2.05, 4.69) is 24.4 Å². The first-order valence-electron chi connectivity index (χ1n) is 7.43. The maximum absolute atomic E-state index is 12.0. The molecule has 0 aromatic heterocycles. The van der Waals surface area contributed by atoms with Crippen molar-refractivity contribution in [3.05, 3.63) is 47.2 Å². The van der Waals surface area contributed by atoms with Crippen LogP contribution in [0.1, 0.15) is 51.1 Å². The van der Waals surface area contributed by atoms with Crippen LogP contribution >= 0.6 is 0 Å². The van der Waals surface area contributed by atoms with Gasteiger partial charge in [-0.25, -0.2) is 4.79 Å². The molecule has 0 bridgehead atoms. The van der Waals surface area contributed by atoms with Gasteiger partial charge in [0.1, 0.15) is 0 Å². The van der Waals surface area contributed by atoms with Gasteiger partial charge in [0.25, 0.3) is 0 Å². The van der Waals surface area contributed by atoms with Gasteiger partial charge in [0.15, 0.2) is 0 Å². The highest BCUT2D eigenvalue weighted by Crippen LogP contribution is 2.26. The van der Waals surface area contributed by atoms with E-state index in [1.807, 2.05) is 25.1 Å². The highest BCUT2D eigenvalue weighted by atomic mass is 16.5. The quantitative estimate of drug-likeness (QED) is 0.831. The van der Waals surface area contributed by atoms with Crippen molar-refractivity contribution >= 4 is 5.97 Å². The number of nitrogens with one attached hydrogen (secondary N) is 1. The third kappa shape index (κ3) is 3.62. The van der Waals surface area contributed by atoms with Crippen molar-refractivity contribution in [2.45, 2.75) is 45.6 Å². The zero-order chi connectivity index (χ0) is 14.4. The number of hydrogen-bond donors (Lipinski definition) is 1. The summed E-state index contributed by atoms with van der Waals surface area (Å²) in [6.07, 6.45) is 3.96. The smallest absolute Gasteiger partial charge is 0.335 e. The van der Waals surface area contributed by atoms with Gasteiger partial charge >= 0.3 is 5.97 Å².